The molecule has 0 rings (SSSR count). The van der Waals surface area contributed by atoms with Crippen LogP contribution in [0.4, 0.5) is 0 Å². The topological polar surface area (TPSA) is 78.9 Å². The van der Waals surface area contributed by atoms with Crippen molar-refractivity contribution in [2.24, 2.45) is 0 Å². The zero-order valence-corrected chi connectivity index (χ0v) is 50.1. The van der Waals surface area contributed by atoms with Gasteiger partial charge in [0.1, 0.15) is 13.2 Å². The Morgan fingerprint density at radius 1 is 0.280 bits per heavy atom. The van der Waals surface area contributed by atoms with Gasteiger partial charge in [0.2, 0.25) is 0 Å². The highest BCUT2D eigenvalue weighted by Crippen LogP contribution is 2.17. The SMILES string of the molecule is CC/C=C\C/C=C\C/C=C\C/C=C\CCCCCCCCCCCCCCCCCCC(=O)OCC(COC(=O)CCCCCCCCCCCCCC)OC(=O)CCCCCCC/C=C\CCCCCCCCC. The second-order valence-electron chi connectivity index (χ2n) is 22.0. The maximum Gasteiger partial charge on any atom is 0.306 e. The number of carbonyl (C=O) groups excluding carboxylic acids is 3. The Bertz CT molecular complexity index is 1340. The fraction of sp³-hybridized carbons (Fsp3) is 0.812. The third-order valence-corrected chi connectivity index (χ3v) is 14.5. The summed E-state index contributed by atoms with van der Waals surface area (Å²) in [5.41, 5.74) is 0. The van der Waals surface area contributed by atoms with Gasteiger partial charge in [-0.05, 0) is 83.5 Å². The Labute approximate surface area is 466 Å². The van der Waals surface area contributed by atoms with Gasteiger partial charge in [-0.3, -0.25) is 14.4 Å². The van der Waals surface area contributed by atoms with Gasteiger partial charge in [-0.25, -0.2) is 0 Å². The van der Waals surface area contributed by atoms with Crippen LogP contribution in [0.5, 0.6) is 0 Å². The molecule has 0 spiro atoms. The Kier molecular flexibility index (Phi) is 61.2. The van der Waals surface area contributed by atoms with Crippen molar-refractivity contribution in [2.75, 3.05) is 13.2 Å². The highest BCUT2D eigenvalue weighted by molar-refractivity contribution is 5.71. The second kappa shape index (κ2) is 63.6. The summed E-state index contributed by atoms with van der Waals surface area (Å²) in [7, 11) is 0. The van der Waals surface area contributed by atoms with Crippen LogP contribution in [0.1, 0.15) is 342 Å². The molecule has 0 fully saturated rings. The molecule has 436 valence electrons. The molecule has 0 bridgehead atoms. The molecule has 0 radical (unpaired) electrons. The van der Waals surface area contributed by atoms with Crippen molar-refractivity contribution in [1.82, 2.24) is 0 Å². The van der Waals surface area contributed by atoms with Crippen molar-refractivity contribution in [1.29, 1.82) is 0 Å². The molecule has 0 heterocycles. The lowest BCUT2D eigenvalue weighted by Crippen LogP contribution is -2.30. The van der Waals surface area contributed by atoms with Gasteiger partial charge in [0, 0.05) is 19.3 Å². The summed E-state index contributed by atoms with van der Waals surface area (Å²) in [6.07, 6.45) is 81.0. The molecule has 0 aliphatic carbocycles. The zero-order chi connectivity index (χ0) is 54.3. The molecule has 0 N–H and O–H groups in total. The van der Waals surface area contributed by atoms with Crippen LogP contribution in [0.15, 0.2) is 60.8 Å². The summed E-state index contributed by atoms with van der Waals surface area (Å²) in [6.45, 7) is 6.56. The number of esters is 3. The summed E-state index contributed by atoms with van der Waals surface area (Å²) in [5.74, 6) is -0.861. The molecular formula is C69H124O6. The summed E-state index contributed by atoms with van der Waals surface area (Å²) in [4.78, 5) is 38.3. The van der Waals surface area contributed by atoms with Gasteiger partial charge in [-0.2, -0.15) is 0 Å². The van der Waals surface area contributed by atoms with E-state index < -0.39 is 6.10 Å². The molecule has 75 heavy (non-hydrogen) atoms. The molecular weight excluding hydrogens is 925 g/mol. The van der Waals surface area contributed by atoms with E-state index in [1.807, 2.05) is 0 Å². The predicted molar refractivity (Wildman–Crippen MR) is 325 cm³/mol. The molecule has 0 amide bonds. The largest absolute Gasteiger partial charge is 0.462 e. The van der Waals surface area contributed by atoms with E-state index in [4.69, 9.17) is 14.2 Å². The molecule has 0 aromatic carbocycles. The van der Waals surface area contributed by atoms with E-state index >= 15 is 0 Å². The first-order valence-corrected chi connectivity index (χ1v) is 32.8. The third kappa shape index (κ3) is 61.8. The number of hydrogen-bond acceptors (Lipinski definition) is 6. The lowest BCUT2D eigenvalue weighted by molar-refractivity contribution is -0.167. The first-order valence-electron chi connectivity index (χ1n) is 32.8. The van der Waals surface area contributed by atoms with Crippen molar-refractivity contribution in [3.63, 3.8) is 0 Å². The zero-order valence-electron chi connectivity index (χ0n) is 50.1. The average Bonchev–Trinajstić information content (AvgIpc) is 3.41. The van der Waals surface area contributed by atoms with Gasteiger partial charge in [0.15, 0.2) is 6.10 Å². The summed E-state index contributed by atoms with van der Waals surface area (Å²) in [6, 6.07) is 0. The Balaban J connectivity index is 4.18. The Morgan fingerprint density at radius 2 is 0.520 bits per heavy atom. The summed E-state index contributed by atoms with van der Waals surface area (Å²) < 4.78 is 16.9. The van der Waals surface area contributed by atoms with E-state index in [1.54, 1.807) is 0 Å². The van der Waals surface area contributed by atoms with Gasteiger partial charge < -0.3 is 14.2 Å². The van der Waals surface area contributed by atoms with E-state index in [0.29, 0.717) is 19.3 Å². The van der Waals surface area contributed by atoms with Crippen molar-refractivity contribution >= 4 is 17.9 Å². The van der Waals surface area contributed by atoms with Gasteiger partial charge in [-0.15, -0.1) is 0 Å². The quantitative estimate of drug-likeness (QED) is 0.0261. The Hall–Kier alpha value is -2.89. The number of carbonyl (C=O) groups is 3. The molecule has 1 unspecified atom stereocenters. The van der Waals surface area contributed by atoms with Crippen LogP contribution >= 0.6 is 0 Å². The highest BCUT2D eigenvalue weighted by Gasteiger charge is 2.19. The molecule has 6 nitrogen and oxygen atoms in total. The summed E-state index contributed by atoms with van der Waals surface area (Å²) in [5, 5.41) is 0. The number of allylic oxidation sites excluding steroid dienone is 10. The van der Waals surface area contributed by atoms with Crippen LogP contribution < -0.4 is 0 Å². The number of hydrogen-bond donors (Lipinski definition) is 0. The van der Waals surface area contributed by atoms with Gasteiger partial charge in [-0.1, -0.05) is 300 Å². The smallest absolute Gasteiger partial charge is 0.306 e. The van der Waals surface area contributed by atoms with Crippen molar-refractivity contribution in [3.05, 3.63) is 60.8 Å². The minimum atomic E-state index is -0.775. The van der Waals surface area contributed by atoms with Crippen LogP contribution in [0.3, 0.4) is 0 Å². The van der Waals surface area contributed by atoms with Crippen LogP contribution in [-0.2, 0) is 28.6 Å². The van der Waals surface area contributed by atoms with Gasteiger partial charge in [0.25, 0.3) is 0 Å². The van der Waals surface area contributed by atoms with E-state index in [9.17, 15) is 14.4 Å². The first kappa shape index (κ1) is 72.1. The normalized spacial score (nSPS) is 12.4. The van der Waals surface area contributed by atoms with Crippen LogP contribution in [0.2, 0.25) is 0 Å². The standard InChI is InChI=1S/C69H124O6/c1-4-7-10-13-16-19-22-25-27-29-30-31-32-33-34-35-36-37-38-39-40-41-43-44-47-50-53-56-59-62-68(71)74-65-66(64-73-67(70)61-58-55-52-49-46-24-21-18-15-12-9-6-3)75-69(72)63-60-57-54-51-48-45-42-28-26-23-20-17-14-11-8-5-2/h7,10,16,19,25,27-28,30-31,42,66H,4-6,8-9,11-15,17-18,20-24,26,29,32-41,43-65H2,1-3H3/b10-7-,19-16-,27-25-,31-30-,42-28-. The lowest BCUT2D eigenvalue weighted by Gasteiger charge is -2.18. The van der Waals surface area contributed by atoms with Gasteiger partial charge in [0.05, 0.1) is 0 Å². The number of rotatable bonds is 60. The van der Waals surface area contributed by atoms with E-state index in [-0.39, 0.29) is 31.1 Å². The minimum absolute atomic E-state index is 0.0722. The van der Waals surface area contributed by atoms with Crippen LogP contribution in [0.25, 0.3) is 0 Å². The second-order valence-corrected chi connectivity index (χ2v) is 22.0. The van der Waals surface area contributed by atoms with Crippen molar-refractivity contribution < 1.29 is 28.6 Å². The molecule has 0 aliphatic heterocycles. The fourth-order valence-corrected chi connectivity index (χ4v) is 9.61. The number of ether oxygens (including phenoxy) is 3. The fourth-order valence-electron chi connectivity index (χ4n) is 9.61. The first-order chi connectivity index (χ1) is 37.0. The molecule has 0 aromatic rings. The summed E-state index contributed by atoms with van der Waals surface area (Å²) >= 11 is 0. The minimum Gasteiger partial charge on any atom is -0.462 e. The maximum atomic E-state index is 12.9. The number of unbranched alkanes of at least 4 members (excludes halogenated alkanes) is 39. The third-order valence-electron chi connectivity index (χ3n) is 14.5. The van der Waals surface area contributed by atoms with Crippen LogP contribution in [-0.4, -0.2) is 37.2 Å². The molecule has 0 saturated heterocycles. The van der Waals surface area contributed by atoms with Crippen molar-refractivity contribution in [2.45, 2.75) is 348 Å². The van der Waals surface area contributed by atoms with Gasteiger partial charge >= 0.3 is 17.9 Å². The molecule has 0 aromatic heterocycles. The lowest BCUT2D eigenvalue weighted by atomic mass is 10.0. The average molecular weight is 1050 g/mol. The highest BCUT2D eigenvalue weighted by atomic mass is 16.6. The Morgan fingerprint density at radius 3 is 0.827 bits per heavy atom. The van der Waals surface area contributed by atoms with Crippen LogP contribution in [0, 0.1) is 0 Å². The predicted octanol–water partition coefficient (Wildman–Crippen LogP) is 22.3. The molecule has 0 saturated carbocycles. The molecule has 1 atom stereocenters. The molecule has 0 aliphatic rings. The van der Waals surface area contributed by atoms with E-state index in [0.717, 1.165) is 89.9 Å². The monoisotopic (exact) mass is 1050 g/mol. The van der Waals surface area contributed by atoms with Crippen molar-refractivity contribution in [3.8, 4) is 0 Å². The maximum absolute atomic E-state index is 12.9. The molecule has 6 heteroatoms. The van der Waals surface area contributed by atoms with E-state index in [2.05, 4.69) is 81.5 Å². The van der Waals surface area contributed by atoms with E-state index in [1.165, 1.54) is 212 Å².